The molecular formula is C9H10BrNO2S. The Morgan fingerprint density at radius 2 is 2.36 bits per heavy atom. The maximum Gasteiger partial charge on any atom is 0.314 e. The Balaban J connectivity index is 2.34. The molecule has 3 N–H and O–H groups in total. The highest BCUT2D eigenvalue weighted by atomic mass is 79.9. The van der Waals surface area contributed by atoms with Crippen molar-refractivity contribution in [2.24, 2.45) is 5.73 Å². The molecule has 14 heavy (non-hydrogen) atoms. The molecule has 0 atom stereocenters. The maximum absolute atomic E-state index is 11.2. The molecule has 1 fully saturated rings. The topological polar surface area (TPSA) is 63.3 Å². The second-order valence-electron chi connectivity index (χ2n) is 3.70. The average Bonchev–Trinajstić information content (AvgIpc) is 2.45. The normalized spacial score (nSPS) is 31.1. The fraction of sp³-hybridized carbons (Fsp3) is 0.444. The van der Waals surface area contributed by atoms with Gasteiger partial charge < -0.3 is 10.8 Å². The number of rotatable bonds is 2. The number of hydrogen-bond donors (Lipinski definition) is 2. The molecule has 0 aliphatic heterocycles. The molecule has 0 aromatic carbocycles. The van der Waals surface area contributed by atoms with E-state index in [1.807, 2.05) is 11.4 Å². The summed E-state index contributed by atoms with van der Waals surface area (Å²) in [5, 5.41) is 11.1. The van der Waals surface area contributed by atoms with Crippen LogP contribution < -0.4 is 5.73 Å². The van der Waals surface area contributed by atoms with Gasteiger partial charge in [0.25, 0.3) is 0 Å². The third-order valence-electron chi connectivity index (χ3n) is 2.75. The van der Waals surface area contributed by atoms with Crippen LogP contribution in [0.2, 0.25) is 0 Å². The summed E-state index contributed by atoms with van der Waals surface area (Å²) in [5.41, 5.74) is 5.82. The molecule has 0 bridgehead atoms. The van der Waals surface area contributed by atoms with Gasteiger partial charge in [-0.05, 0) is 45.8 Å². The van der Waals surface area contributed by atoms with Crippen molar-refractivity contribution in [2.75, 3.05) is 0 Å². The molecule has 2 rings (SSSR count). The highest BCUT2D eigenvalue weighted by molar-refractivity contribution is 9.11. The van der Waals surface area contributed by atoms with Crippen molar-refractivity contribution in [1.82, 2.24) is 0 Å². The van der Waals surface area contributed by atoms with E-state index in [1.165, 1.54) is 11.3 Å². The predicted octanol–water partition coefficient (Wildman–Crippen LogP) is 1.95. The Kier molecular flexibility index (Phi) is 2.41. The zero-order valence-electron chi connectivity index (χ0n) is 7.37. The summed E-state index contributed by atoms with van der Waals surface area (Å²) >= 11 is 4.85. The fourth-order valence-corrected chi connectivity index (χ4v) is 3.19. The summed E-state index contributed by atoms with van der Waals surface area (Å²) in [5.74, 6) is -0.760. The second kappa shape index (κ2) is 3.32. The number of nitrogens with two attached hydrogens (primary N) is 1. The van der Waals surface area contributed by atoms with Crippen LogP contribution in [-0.2, 0) is 10.2 Å². The molecule has 0 amide bonds. The van der Waals surface area contributed by atoms with Crippen LogP contribution in [0.1, 0.15) is 18.4 Å². The Morgan fingerprint density at radius 3 is 2.71 bits per heavy atom. The first-order valence-electron chi connectivity index (χ1n) is 4.28. The van der Waals surface area contributed by atoms with Gasteiger partial charge in [-0.3, -0.25) is 4.79 Å². The predicted molar refractivity (Wildman–Crippen MR) is 58.5 cm³/mol. The van der Waals surface area contributed by atoms with Crippen molar-refractivity contribution >= 4 is 33.2 Å². The van der Waals surface area contributed by atoms with Gasteiger partial charge in [-0.2, -0.15) is 0 Å². The summed E-state index contributed by atoms with van der Waals surface area (Å²) in [4.78, 5) is 11.2. The molecule has 1 aromatic heterocycles. The third-order valence-corrected chi connectivity index (χ3v) is 4.26. The molecule has 0 unspecified atom stereocenters. The number of halogens is 1. The molecule has 5 heteroatoms. The number of carbonyl (C=O) groups is 1. The van der Waals surface area contributed by atoms with Crippen molar-refractivity contribution in [3.63, 3.8) is 0 Å². The number of hydrogen-bond acceptors (Lipinski definition) is 3. The van der Waals surface area contributed by atoms with Crippen LogP contribution in [0.3, 0.4) is 0 Å². The SMILES string of the molecule is NC1CC(C(=O)O)(c2csc(Br)c2)C1. The zero-order valence-corrected chi connectivity index (χ0v) is 9.77. The average molecular weight is 276 g/mol. The third kappa shape index (κ3) is 1.39. The smallest absolute Gasteiger partial charge is 0.314 e. The first-order chi connectivity index (χ1) is 6.54. The van der Waals surface area contributed by atoms with Crippen LogP contribution in [0.15, 0.2) is 15.2 Å². The van der Waals surface area contributed by atoms with E-state index >= 15 is 0 Å². The van der Waals surface area contributed by atoms with E-state index in [4.69, 9.17) is 5.73 Å². The van der Waals surface area contributed by atoms with E-state index in [-0.39, 0.29) is 6.04 Å². The molecule has 1 saturated carbocycles. The molecule has 1 aliphatic carbocycles. The maximum atomic E-state index is 11.2. The second-order valence-corrected chi connectivity index (χ2v) is 5.99. The van der Waals surface area contributed by atoms with Crippen LogP contribution in [0.5, 0.6) is 0 Å². The van der Waals surface area contributed by atoms with Crippen LogP contribution in [-0.4, -0.2) is 17.1 Å². The Labute approximate surface area is 94.1 Å². The van der Waals surface area contributed by atoms with Crippen molar-refractivity contribution in [2.45, 2.75) is 24.3 Å². The molecular weight excluding hydrogens is 266 g/mol. The molecule has 0 radical (unpaired) electrons. The molecule has 0 spiro atoms. The number of carboxylic acid groups (broad SMARTS) is 1. The monoisotopic (exact) mass is 275 g/mol. The first kappa shape index (κ1) is 10.1. The van der Waals surface area contributed by atoms with E-state index in [2.05, 4.69) is 15.9 Å². The van der Waals surface area contributed by atoms with Gasteiger partial charge in [0.1, 0.15) is 0 Å². The zero-order chi connectivity index (χ0) is 10.3. The first-order valence-corrected chi connectivity index (χ1v) is 5.95. The lowest BCUT2D eigenvalue weighted by atomic mass is 9.62. The van der Waals surface area contributed by atoms with Gasteiger partial charge >= 0.3 is 5.97 Å². The minimum atomic E-state index is -0.760. The van der Waals surface area contributed by atoms with Crippen LogP contribution >= 0.6 is 27.3 Å². The number of carboxylic acids is 1. The number of thiophene rings is 1. The van der Waals surface area contributed by atoms with Gasteiger partial charge in [-0.25, -0.2) is 0 Å². The van der Waals surface area contributed by atoms with Crippen molar-refractivity contribution in [3.05, 3.63) is 20.8 Å². The molecule has 0 saturated heterocycles. The van der Waals surface area contributed by atoms with Crippen LogP contribution in [0.25, 0.3) is 0 Å². The molecule has 1 aliphatic rings. The van der Waals surface area contributed by atoms with Gasteiger partial charge in [-0.15, -0.1) is 11.3 Å². The van der Waals surface area contributed by atoms with Gasteiger partial charge in [0.05, 0.1) is 9.20 Å². The molecule has 3 nitrogen and oxygen atoms in total. The fourth-order valence-electron chi connectivity index (χ4n) is 1.93. The molecule has 76 valence electrons. The van der Waals surface area contributed by atoms with Gasteiger partial charge in [0.15, 0.2) is 0 Å². The van der Waals surface area contributed by atoms with E-state index in [0.29, 0.717) is 12.8 Å². The van der Waals surface area contributed by atoms with Gasteiger partial charge in [0, 0.05) is 6.04 Å². The summed E-state index contributed by atoms with van der Waals surface area (Å²) < 4.78 is 0.966. The lowest BCUT2D eigenvalue weighted by Crippen LogP contribution is -2.53. The summed E-state index contributed by atoms with van der Waals surface area (Å²) in [6.45, 7) is 0. The quantitative estimate of drug-likeness (QED) is 0.867. The van der Waals surface area contributed by atoms with E-state index in [1.54, 1.807) is 0 Å². The lowest BCUT2D eigenvalue weighted by Gasteiger charge is -2.42. The highest BCUT2D eigenvalue weighted by Crippen LogP contribution is 2.45. The molecule has 1 heterocycles. The summed E-state index contributed by atoms with van der Waals surface area (Å²) in [7, 11) is 0. The van der Waals surface area contributed by atoms with Gasteiger partial charge in [-0.1, -0.05) is 0 Å². The number of aliphatic carboxylic acids is 1. The van der Waals surface area contributed by atoms with E-state index < -0.39 is 11.4 Å². The Bertz CT molecular complexity index is 371. The standard InChI is InChI=1S/C9H10BrNO2S/c10-7-1-5(4-14-7)9(8(12)13)2-6(11)3-9/h1,4,6H,2-3,11H2,(H,12,13). The van der Waals surface area contributed by atoms with Crippen LogP contribution in [0.4, 0.5) is 0 Å². The summed E-state index contributed by atoms with van der Waals surface area (Å²) in [6.07, 6.45) is 1.09. The largest absolute Gasteiger partial charge is 0.481 e. The van der Waals surface area contributed by atoms with E-state index in [0.717, 1.165) is 9.35 Å². The molecule has 1 aromatic rings. The minimum absolute atomic E-state index is 0.0322. The van der Waals surface area contributed by atoms with Crippen LogP contribution in [0, 0.1) is 0 Å². The lowest BCUT2D eigenvalue weighted by molar-refractivity contribution is -0.148. The van der Waals surface area contributed by atoms with Gasteiger partial charge in [0.2, 0.25) is 0 Å². The van der Waals surface area contributed by atoms with Crippen molar-refractivity contribution < 1.29 is 9.90 Å². The van der Waals surface area contributed by atoms with Crippen molar-refractivity contribution in [1.29, 1.82) is 0 Å². The van der Waals surface area contributed by atoms with E-state index in [9.17, 15) is 9.90 Å². The minimum Gasteiger partial charge on any atom is -0.481 e. The van der Waals surface area contributed by atoms with Crippen molar-refractivity contribution in [3.8, 4) is 0 Å². The Hall–Kier alpha value is -0.390. The summed E-state index contributed by atoms with van der Waals surface area (Å²) in [6, 6.07) is 1.91. The highest BCUT2D eigenvalue weighted by Gasteiger charge is 2.50. The Morgan fingerprint density at radius 1 is 1.71 bits per heavy atom.